The summed E-state index contributed by atoms with van der Waals surface area (Å²) in [6.07, 6.45) is 9.64. The van der Waals surface area contributed by atoms with Crippen LogP contribution >= 0.6 is 11.3 Å². The molecule has 14 aromatic carbocycles. The Balaban J connectivity index is 0.660. The van der Waals surface area contributed by atoms with Crippen molar-refractivity contribution in [3.05, 3.63) is 324 Å². The first-order chi connectivity index (χ1) is 58.8. The number of thiophene rings is 1. The number of hydrogen-bond donors (Lipinski definition) is 0. The topological polar surface area (TPSA) is 19.4 Å². The first-order valence-electron chi connectivity index (χ1n) is 45.0. The van der Waals surface area contributed by atoms with Crippen molar-refractivity contribution in [1.82, 2.24) is 0 Å². The lowest BCUT2D eigenvalue weighted by Crippen LogP contribution is -2.64. The van der Waals surface area contributed by atoms with Crippen molar-refractivity contribution in [3.8, 4) is 22.3 Å². The Bertz CT molecular complexity index is 6950. The van der Waals surface area contributed by atoms with Gasteiger partial charge in [-0.25, -0.2) is 0 Å². The zero-order valence-electron chi connectivity index (χ0n) is 73.0. The predicted molar refractivity (Wildman–Crippen MR) is 523 cm³/mol. The number of fused-ring (bicyclic) bond motifs is 20. The van der Waals surface area contributed by atoms with E-state index in [-0.39, 0.29) is 51.6 Å². The summed E-state index contributed by atoms with van der Waals surface area (Å²) >= 11 is 1.93. The number of anilines is 16. The lowest BCUT2D eigenvalue weighted by atomic mass is 9.33. The number of rotatable bonds is 9. The summed E-state index contributed by atoms with van der Waals surface area (Å²) < 4.78 is 2.56. The first kappa shape index (κ1) is 74.1. The van der Waals surface area contributed by atoms with Crippen molar-refractivity contribution in [1.29, 1.82) is 0 Å². The smallest absolute Gasteiger partial charge is 0.252 e. The molecule has 598 valence electrons. The molecule has 0 spiro atoms. The van der Waals surface area contributed by atoms with Gasteiger partial charge < -0.3 is 29.4 Å². The first-order valence-corrected chi connectivity index (χ1v) is 45.8. The summed E-state index contributed by atoms with van der Waals surface area (Å²) in [5.74, 6) is 0. The molecule has 4 atom stereocenters. The molecule has 0 N–H and O–H groups in total. The van der Waals surface area contributed by atoms with E-state index >= 15 is 0 Å². The van der Waals surface area contributed by atoms with Crippen molar-refractivity contribution in [2.75, 3.05) is 29.4 Å². The van der Waals surface area contributed by atoms with E-state index < -0.39 is 0 Å². The minimum Gasteiger partial charge on any atom is -0.335 e. The van der Waals surface area contributed by atoms with E-state index in [9.17, 15) is 0 Å². The largest absolute Gasteiger partial charge is 0.335 e. The number of aryl methyl sites for hydroxylation is 2. The molecule has 0 radical (unpaired) electrons. The Morgan fingerprint density at radius 1 is 0.336 bits per heavy atom. The van der Waals surface area contributed by atoms with Gasteiger partial charge in [0.1, 0.15) is 0 Å². The van der Waals surface area contributed by atoms with Gasteiger partial charge in [0, 0.05) is 111 Å². The number of hydrogen-bond acceptors (Lipinski definition) is 7. The van der Waals surface area contributed by atoms with Gasteiger partial charge in [-0.1, -0.05) is 253 Å². The molecular formula is C113H104B2N6S. The monoisotopic (exact) mass is 1600 g/mol. The maximum absolute atomic E-state index is 2.90. The van der Waals surface area contributed by atoms with Gasteiger partial charge in [-0.05, 0) is 285 Å². The molecule has 3 aliphatic carbocycles. The summed E-state index contributed by atoms with van der Waals surface area (Å²) in [6.45, 7) is 34.7. The Kier molecular flexibility index (Phi) is 15.6. The highest BCUT2D eigenvalue weighted by molar-refractivity contribution is 7.26. The van der Waals surface area contributed by atoms with Crippen LogP contribution in [0.5, 0.6) is 0 Å². The second kappa shape index (κ2) is 25.7. The molecule has 15 aromatic rings. The Labute approximate surface area is 725 Å². The molecule has 24 rings (SSSR count). The molecule has 0 bridgehead atoms. The van der Waals surface area contributed by atoms with Gasteiger partial charge in [0.05, 0.1) is 27.2 Å². The molecule has 0 saturated heterocycles. The molecular weight excluding hydrogens is 1490 g/mol. The van der Waals surface area contributed by atoms with Crippen LogP contribution in [0.15, 0.2) is 279 Å². The highest BCUT2D eigenvalue weighted by Gasteiger charge is 2.64. The Hall–Kier alpha value is -11.8. The molecule has 4 unspecified atom stereocenters. The van der Waals surface area contributed by atoms with E-state index in [0.717, 1.165) is 47.0 Å². The zero-order chi connectivity index (χ0) is 82.9. The second-order valence-corrected chi connectivity index (χ2v) is 41.8. The lowest BCUT2D eigenvalue weighted by Gasteiger charge is -2.53. The molecule has 1 aromatic heterocycles. The fourth-order valence-corrected chi connectivity index (χ4v) is 26.3. The summed E-state index contributed by atoms with van der Waals surface area (Å²) in [4.78, 5) is 16.2. The van der Waals surface area contributed by atoms with E-state index in [0.29, 0.717) is 0 Å². The van der Waals surface area contributed by atoms with Gasteiger partial charge in [0.2, 0.25) is 0 Å². The minimum absolute atomic E-state index is 0.00368. The molecule has 6 aliphatic heterocycles. The molecule has 9 aliphatic rings. The normalized spacial score (nSPS) is 20.5. The highest BCUT2D eigenvalue weighted by atomic mass is 32.1. The van der Waals surface area contributed by atoms with Crippen LogP contribution in [0.1, 0.15) is 179 Å². The van der Waals surface area contributed by atoms with Crippen LogP contribution in [0.25, 0.3) is 42.4 Å². The average Bonchev–Trinajstić information content (AvgIpc) is 1.49. The maximum Gasteiger partial charge on any atom is 0.252 e. The van der Waals surface area contributed by atoms with E-state index in [1.165, 1.54) is 204 Å². The van der Waals surface area contributed by atoms with Crippen molar-refractivity contribution in [3.63, 3.8) is 0 Å². The molecule has 2 fully saturated rings. The van der Waals surface area contributed by atoms with E-state index in [4.69, 9.17) is 0 Å². The van der Waals surface area contributed by atoms with Gasteiger partial charge in [-0.15, -0.1) is 11.3 Å². The fourth-order valence-electron chi connectivity index (χ4n) is 25.2. The van der Waals surface area contributed by atoms with Crippen LogP contribution in [0, 0.1) is 13.8 Å². The van der Waals surface area contributed by atoms with Gasteiger partial charge in [-0.3, -0.25) is 0 Å². The van der Waals surface area contributed by atoms with Crippen molar-refractivity contribution in [2.24, 2.45) is 0 Å². The van der Waals surface area contributed by atoms with E-state index in [1.54, 1.807) is 11.1 Å². The van der Waals surface area contributed by atoms with Gasteiger partial charge in [0.15, 0.2) is 0 Å². The Morgan fingerprint density at radius 2 is 0.770 bits per heavy atom. The third-order valence-corrected chi connectivity index (χ3v) is 32.8. The van der Waals surface area contributed by atoms with Gasteiger partial charge in [0.25, 0.3) is 13.4 Å². The number of nitrogens with zero attached hydrogens (tertiary/aromatic N) is 6. The predicted octanol–water partition coefficient (Wildman–Crippen LogP) is 26.9. The third kappa shape index (κ3) is 10.0. The summed E-state index contributed by atoms with van der Waals surface area (Å²) in [5, 5.41) is 2.54. The van der Waals surface area contributed by atoms with Crippen LogP contribution in [-0.2, 0) is 27.1 Å². The lowest BCUT2D eigenvalue weighted by molar-refractivity contribution is 0.195. The SMILES string of the molecule is Cc1cc2c3c(c1)N1c4c(cc(C(C)(C)C)cc4C4(C)CCCCC14C)B3c1ccc(N(c3ccccc3)c3ccc(-c4ccc5sc6c(N7c8cc(N(c9ccccc9)c9ccccc9)ccc8B8c9cc(C(C)(C)C)cc%10c9N(c9cc(C)cc7c98)C7(C)CCCCC%107C)cccc6c5c4)cc3)cc1N2c1cccc2c1C(C)(C)c1ccccc1-2. The van der Waals surface area contributed by atoms with Crippen molar-refractivity contribution >= 4 is 169 Å². The zero-order valence-corrected chi connectivity index (χ0v) is 73.8. The number of para-hydroxylation sites is 3. The van der Waals surface area contributed by atoms with Crippen LogP contribution in [-0.4, -0.2) is 24.5 Å². The summed E-state index contributed by atoms with van der Waals surface area (Å²) in [5.41, 5.74) is 44.0. The molecule has 0 amide bonds. The molecule has 2 saturated carbocycles. The third-order valence-electron chi connectivity index (χ3n) is 31.6. The van der Waals surface area contributed by atoms with Crippen LogP contribution < -0.4 is 62.2 Å². The van der Waals surface area contributed by atoms with E-state index in [2.05, 4.69) is 405 Å². The molecule has 9 heteroatoms. The van der Waals surface area contributed by atoms with Gasteiger partial charge in [-0.2, -0.15) is 0 Å². The minimum atomic E-state index is -0.272. The second-order valence-electron chi connectivity index (χ2n) is 40.7. The summed E-state index contributed by atoms with van der Waals surface area (Å²) in [6, 6.07) is 109. The molecule has 6 nitrogen and oxygen atoms in total. The van der Waals surface area contributed by atoms with Gasteiger partial charge >= 0.3 is 0 Å². The van der Waals surface area contributed by atoms with Crippen LogP contribution in [0.3, 0.4) is 0 Å². The fraction of sp³-hybridized carbons (Fsp3) is 0.257. The quantitative estimate of drug-likeness (QED) is 0.133. The van der Waals surface area contributed by atoms with E-state index in [1.807, 2.05) is 11.3 Å². The van der Waals surface area contributed by atoms with Crippen LogP contribution in [0.2, 0.25) is 0 Å². The average molecular weight is 1600 g/mol. The molecule has 7 heterocycles. The highest BCUT2D eigenvalue weighted by Crippen LogP contribution is 2.66. The van der Waals surface area contributed by atoms with Crippen molar-refractivity contribution in [2.45, 2.75) is 186 Å². The van der Waals surface area contributed by atoms with Crippen molar-refractivity contribution < 1.29 is 0 Å². The van der Waals surface area contributed by atoms with Crippen LogP contribution in [0.4, 0.5) is 91.0 Å². The Morgan fingerprint density at radius 3 is 1.29 bits per heavy atom. The maximum atomic E-state index is 2.90. The molecule has 122 heavy (non-hydrogen) atoms. The summed E-state index contributed by atoms with van der Waals surface area (Å²) in [7, 11) is 0. The number of benzene rings is 14. The standard InChI is InChI=1S/C113H104B2N6S/c1-69-58-96-102-98(60-69)120-104-86(110(11)54-26-28-56-112(110,120)13)63-73(107(3,4)5)65-90(104)114(102)88-51-50-80(67-94(88)118(96)92-42-30-39-82-81-38-24-25-41-85(81)109(9,10)101(82)92)117(77-36-22-17-23-37-77)78-47-44-71(45-48-78)72-46-53-100-84(62-72)83-40-31-43-93(106(83)122-100)119-95-68-79(116(75-32-18-15-19-33-75)76-34-20-16-21-35-76)49-52-89(95)115-91-66-74(108(6,7)8)64-87-105(91)121(99-61-70(2)59-97(119)103(99)115)113(14)57-29-27-55-111(87,113)12/h15-25,30-53,58-68H,26-29,54-57H2,1-14H3.